The van der Waals surface area contributed by atoms with E-state index < -0.39 is 0 Å². The van der Waals surface area contributed by atoms with Gasteiger partial charge in [-0.05, 0) is 93.0 Å². The van der Waals surface area contributed by atoms with E-state index in [2.05, 4.69) is 45.9 Å². The normalized spacial score (nSPS) is 17.3. The van der Waals surface area contributed by atoms with Crippen LogP contribution in [-0.4, -0.2) is 25.0 Å². The zero-order valence-electron chi connectivity index (χ0n) is 16.1. The van der Waals surface area contributed by atoms with E-state index in [1.54, 1.807) is 0 Å². The van der Waals surface area contributed by atoms with Crippen LogP contribution in [0.5, 0.6) is 0 Å². The first-order chi connectivity index (χ1) is 13.2. The number of hydrogen-bond donors (Lipinski definition) is 2. The van der Waals surface area contributed by atoms with Gasteiger partial charge in [-0.25, -0.2) is 0 Å². The minimum atomic E-state index is -0.286. The van der Waals surface area contributed by atoms with Crippen LogP contribution in [-0.2, 0) is 17.6 Å². The third-order valence-corrected chi connectivity index (χ3v) is 5.73. The summed E-state index contributed by atoms with van der Waals surface area (Å²) in [6.45, 7) is 4.17. The molecule has 0 spiro atoms. The van der Waals surface area contributed by atoms with Crippen LogP contribution < -0.4 is 15.5 Å². The van der Waals surface area contributed by atoms with Crippen molar-refractivity contribution in [3.8, 4) is 0 Å². The Hall–Kier alpha value is -2.49. The molecule has 1 aliphatic carbocycles. The Morgan fingerprint density at radius 1 is 0.889 bits per heavy atom. The number of carbonyl (C=O) groups excluding carboxylic acids is 1. The van der Waals surface area contributed by atoms with Crippen LogP contribution >= 0.6 is 0 Å². The number of anilines is 3. The van der Waals surface area contributed by atoms with Gasteiger partial charge in [0.15, 0.2) is 0 Å². The molecule has 1 amide bonds. The minimum Gasteiger partial charge on any atom is -0.374 e. The molecule has 1 atom stereocenters. The Kier molecular flexibility index (Phi) is 5.33. The first-order valence-electron chi connectivity index (χ1n) is 10.2. The van der Waals surface area contributed by atoms with Gasteiger partial charge in [0.1, 0.15) is 6.04 Å². The highest BCUT2D eigenvalue weighted by molar-refractivity contribution is 5.96. The lowest BCUT2D eigenvalue weighted by molar-refractivity contribution is -0.116. The quantitative estimate of drug-likeness (QED) is 0.816. The molecular formula is C23H29N3O. The largest absolute Gasteiger partial charge is 0.374 e. The van der Waals surface area contributed by atoms with Gasteiger partial charge in [-0.2, -0.15) is 0 Å². The lowest BCUT2D eigenvalue weighted by atomic mass is 10.1. The molecule has 1 unspecified atom stereocenters. The molecule has 142 valence electrons. The molecule has 2 aliphatic rings. The van der Waals surface area contributed by atoms with Gasteiger partial charge in [-0.1, -0.05) is 6.07 Å². The number of benzene rings is 2. The van der Waals surface area contributed by atoms with Crippen molar-refractivity contribution in [1.82, 2.24) is 0 Å². The van der Waals surface area contributed by atoms with Crippen LogP contribution in [0.4, 0.5) is 17.1 Å². The maximum absolute atomic E-state index is 12.6. The highest BCUT2D eigenvalue weighted by atomic mass is 16.2. The Labute approximate surface area is 162 Å². The van der Waals surface area contributed by atoms with Gasteiger partial charge in [0, 0.05) is 30.2 Å². The molecule has 0 aromatic heterocycles. The van der Waals surface area contributed by atoms with Gasteiger partial charge < -0.3 is 15.5 Å². The summed E-state index contributed by atoms with van der Waals surface area (Å²) >= 11 is 0. The topological polar surface area (TPSA) is 44.4 Å². The molecule has 1 fully saturated rings. The fraction of sp³-hybridized carbons (Fsp3) is 0.435. The molecule has 27 heavy (non-hydrogen) atoms. The second-order valence-corrected chi connectivity index (χ2v) is 7.79. The summed E-state index contributed by atoms with van der Waals surface area (Å²) in [5.74, 6) is -0.0128. The Morgan fingerprint density at radius 3 is 2.37 bits per heavy atom. The molecule has 0 bridgehead atoms. The van der Waals surface area contributed by atoms with Gasteiger partial charge in [0.05, 0.1) is 0 Å². The summed E-state index contributed by atoms with van der Waals surface area (Å²) in [6, 6.07) is 14.4. The first-order valence-corrected chi connectivity index (χ1v) is 10.2. The van der Waals surface area contributed by atoms with Crippen molar-refractivity contribution in [1.29, 1.82) is 0 Å². The first kappa shape index (κ1) is 17.9. The van der Waals surface area contributed by atoms with Crippen molar-refractivity contribution in [2.75, 3.05) is 28.6 Å². The molecule has 1 saturated heterocycles. The SMILES string of the molecule is CC(Nc1ccc2c(c1)CCC2)C(=O)Nc1ccc(N2CCCCC2)cc1. The summed E-state index contributed by atoms with van der Waals surface area (Å²) in [5, 5.41) is 6.36. The lowest BCUT2D eigenvalue weighted by Gasteiger charge is -2.28. The molecule has 1 aliphatic heterocycles. The van der Waals surface area contributed by atoms with E-state index in [1.165, 1.54) is 48.9 Å². The third-order valence-electron chi connectivity index (χ3n) is 5.73. The predicted molar refractivity (Wildman–Crippen MR) is 113 cm³/mol. The zero-order valence-corrected chi connectivity index (χ0v) is 16.1. The molecule has 1 heterocycles. The third kappa shape index (κ3) is 4.26. The molecule has 2 aromatic rings. The van der Waals surface area contributed by atoms with Crippen molar-refractivity contribution < 1.29 is 4.79 Å². The van der Waals surface area contributed by atoms with Gasteiger partial charge >= 0.3 is 0 Å². The molecule has 0 radical (unpaired) electrons. The van der Waals surface area contributed by atoms with Crippen LogP contribution in [0.15, 0.2) is 42.5 Å². The van der Waals surface area contributed by atoms with Crippen LogP contribution in [0.2, 0.25) is 0 Å². The fourth-order valence-corrected chi connectivity index (χ4v) is 4.14. The number of fused-ring (bicyclic) bond motifs is 1. The molecule has 4 nitrogen and oxygen atoms in total. The predicted octanol–water partition coefficient (Wildman–Crippen LogP) is 4.60. The van der Waals surface area contributed by atoms with Gasteiger partial charge in [0.2, 0.25) is 5.91 Å². The lowest BCUT2D eigenvalue weighted by Crippen LogP contribution is -2.32. The van der Waals surface area contributed by atoms with Gasteiger partial charge in [0.25, 0.3) is 0 Å². The maximum atomic E-state index is 12.6. The van der Waals surface area contributed by atoms with E-state index >= 15 is 0 Å². The van der Waals surface area contributed by atoms with E-state index in [0.29, 0.717) is 0 Å². The van der Waals surface area contributed by atoms with E-state index in [-0.39, 0.29) is 11.9 Å². The number of carbonyl (C=O) groups is 1. The van der Waals surface area contributed by atoms with E-state index in [0.717, 1.165) is 30.9 Å². The highest BCUT2D eigenvalue weighted by Gasteiger charge is 2.16. The number of rotatable bonds is 5. The van der Waals surface area contributed by atoms with E-state index in [4.69, 9.17) is 0 Å². The number of nitrogens with zero attached hydrogens (tertiary/aromatic N) is 1. The number of amides is 1. The molecular weight excluding hydrogens is 334 g/mol. The number of nitrogens with one attached hydrogen (secondary N) is 2. The summed E-state index contributed by atoms with van der Waals surface area (Å²) < 4.78 is 0. The summed E-state index contributed by atoms with van der Waals surface area (Å²) in [4.78, 5) is 15.0. The maximum Gasteiger partial charge on any atom is 0.246 e. The standard InChI is InChI=1S/C23H29N3O/c1-17(24-21-9-8-18-6-5-7-19(18)16-21)23(27)25-20-10-12-22(13-11-20)26-14-3-2-4-15-26/h8-13,16-17,24H,2-7,14-15H2,1H3,(H,25,27). The van der Waals surface area contributed by atoms with Crippen molar-refractivity contribution >= 4 is 23.0 Å². The van der Waals surface area contributed by atoms with Crippen molar-refractivity contribution in [3.63, 3.8) is 0 Å². The zero-order chi connectivity index (χ0) is 18.6. The molecule has 4 heteroatoms. The molecule has 0 saturated carbocycles. The second kappa shape index (κ2) is 8.03. The number of aryl methyl sites for hydroxylation is 2. The molecule has 4 rings (SSSR count). The van der Waals surface area contributed by atoms with Crippen molar-refractivity contribution in [2.24, 2.45) is 0 Å². The van der Waals surface area contributed by atoms with Crippen molar-refractivity contribution in [3.05, 3.63) is 53.6 Å². The number of piperidine rings is 1. The van der Waals surface area contributed by atoms with Crippen molar-refractivity contribution in [2.45, 2.75) is 51.5 Å². The average Bonchev–Trinajstić information content (AvgIpc) is 3.17. The van der Waals surface area contributed by atoms with Crippen LogP contribution in [0, 0.1) is 0 Å². The van der Waals surface area contributed by atoms with Crippen LogP contribution in [0.25, 0.3) is 0 Å². The minimum absolute atomic E-state index is 0.0128. The number of hydrogen-bond acceptors (Lipinski definition) is 3. The Morgan fingerprint density at radius 2 is 1.59 bits per heavy atom. The Bertz CT molecular complexity index is 794. The summed E-state index contributed by atoms with van der Waals surface area (Å²) in [6.07, 6.45) is 7.44. The molecule has 2 aromatic carbocycles. The average molecular weight is 364 g/mol. The van der Waals surface area contributed by atoms with E-state index in [9.17, 15) is 4.79 Å². The van der Waals surface area contributed by atoms with Gasteiger partial charge in [-0.15, -0.1) is 0 Å². The summed E-state index contributed by atoms with van der Waals surface area (Å²) in [7, 11) is 0. The summed E-state index contributed by atoms with van der Waals surface area (Å²) in [5.41, 5.74) is 5.99. The monoisotopic (exact) mass is 363 g/mol. The van der Waals surface area contributed by atoms with E-state index in [1.807, 2.05) is 19.1 Å². The smallest absolute Gasteiger partial charge is 0.246 e. The van der Waals surface area contributed by atoms with Crippen LogP contribution in [0.3, 0.4) is 0 Å². The molecule has 2 N–H and O–H groups in total. The van der Waals surface area contributed by atoms with Crippen LogP contribution in [0.1, 0.15) is 43.7 Å². The fourth-order valence-electron chi connectivity index (χ4n) is 4.14. The highest BCUT2D eigenvalue weighted by Crippen LogP contribution is 2.25. The van der Waals surface area contributed by atoms with Gasteiger partial charge in [-0.3, -0.25) is 4.79 Å². The second-order valence-electron chi connectivity index (χ2n) is 7.79. The Balaban J connectivity index is 1.34.